The van der Waals surface area contributed by atoms with Gasteiger partial charge in [-0.3, -0.25) is 4.79 Å². The number of nitrogens with one attached hydrogen (secondary N) is 1. The fraction of sp³-hybridized carbons (Fsp3) is 0.316. The normalized spacial score (nSPS) is 14.1. The van der Waals surface area contributed by atoms with Gasteiger partial charge >= 0.3 is 0 Å². The van der Waals surface area contributed by atoms with E-state index in [0.29, 0.717) is 13.0 Å². The lowest BCUT2D eigenvalue weighted by Crippen LogP contribution is -2.49. The lowest BCUT2D eigenvalue weighted by Gasteiger charge is -2.26. The van der Waals surface area contributed by atoms with Gasteiger partial charge in [0.05, 0.1) is 0 Å². The number of rotatable bonds is 7. The van der Waals surface area contributed by atoms with Crippen molar-refractivity contribution >= 4 is 18.3 Å². The van der Waals surface area contributed by atoms with Gasteiger partial charge in [-0.15, -0.1) is 12.4 Å². The standard InChI is InChI=1S/C19H24N2O2.ClH/c1-19(20,17-10-6-3-7-11-17)18(23)21-14-16(12-13-22)15-8-4-2-5-9-15;/h2-11,16,22H,12-14,20H2,1H3,(H,21,23);1H. The molecule has 0 radical (unpaired) electrons. The minimum absolute atomic E-state index is 0. The molecule has 0 aromatic heterocycles. The number of benzene rings is 2. The Morgan fingerprint density at radius 1 is 1.12 bits per heavy atom. The maximum atomic E-state index is 12.5. The number of aliphatic hydroxyl groups is 1. The third kappa shape index (κ3) is 5.06. The summed E-state index contributed by atoms with van der Waals surface area (Å²) in [7, 11) is 0. The van der Waals surface area contributed by atoms with Crippen molar-refractivity contribution in [2.45, 2.75) is 24.8 Å². The molecule has 2 rings (SSSR count). The van der Waals surface area contributed by atoms with Gasteiger partial charge in [0, 0.05) is 19.1 Å². The molecule has 2 unspecified atom stereocenters. The third-order valence-corrected chi connectivity index (χ3v) is 4.10. The van der Waals surface area contributed by atoms with Crippen LogP contribution in [0.4, 0.5) is 0 Å². The van der Waals surface area contributed by atoms with E-state index >= 15 is 0 Å². The highest BCUT2D eigenvalue weighted by Gasteiger charge is 2.30. The molecule has 0 heterocycles. The molecule has 0 saturated carbocycles. The number of halogens is 1. The fourth-order valence-electron chi connectivity index (χ4n) is 2.58. The Labute approximate surface area is 149 Å². The Morgan fingerprint density at radius 2 is 1.67 bits per heavy atom. The van der Waals surface area contributed by atoms with Crippen LogP contribution < -0.4 is 11.1 Å². The molecular formula is C19H25ClN2O2. The van der Waals surface area contributed by atoms with Crippen LogP contribution in [0.15, 0.2) is 60.7 Å². The van der Waals surface area contributed by atoms with E-state index in [1.807, 2.05) is 60.7 Å². The topological polar surface area (TPSA) is 75.4 Å². The minimum atomic E-state index is -1.08. The van der Waals surface area contributed by atoms with Gasteiger partial charge < -0.3 is 16.2 Å². The average molecular weight is 349 g/mol. The van der Waals surface area contributed by atoms with Crippen molar-refractivity contribution in [3.63, 3.8) is 0 Å². The summed E-state index contributed by atoms with van der Waals surface area (Å²) in [6.07, 6.45) is 0.594. The Kier molecular flexibility index (Phi) is 7.92. The second-order valence-corrected chi connectivity index (χ2v) is 5.90. The quantitative estimate of drug-likeness (QED) is 0.719. The zero-order chi connectivity index (χ0) is 16.7. The molecular weight excluding hydrogens is 324 g/mol. The van der Waals surface area contributed by atoms with Crippen LogP contribution in [0.5, 0.6) is 0 Å². The Balaban J connectivity index is 0.00000288. The molecule has 2 aromatic rings. The minimum Gasteiger partial charge on any atom is -0.396 e. The molecule has 2 aromatic carbocycles. The summed E-state index contributed by atoms with van der Waals surface area (Å²) in [5.41, 5.74) is 7.01. The van der Waals surface area contributed by atoms with Gasteiger partial charge in [0.25, 0.3) is 0 Å². The molecule has 0 spiro atoms. The first-order chi connectivity index (χ1) is 11.1. The molecule has 2 atom stereocenters. The third-order valence-electron chi connectivity index (χ3n) is 4.10. The van der Waals surface area contributed by atoms with Gasteiger partial charge in [0.2, 0.25) is 5.91 Å². The highest BCUT2D eigenvalue weighted by atomic mass is 35.5. The molecule has 4 N–H and O–H groups in total. The van der Waals surface area contributed by atoms with Gasteiger partial charge in [-0.1, -0.05) is 60.7 Å². The summed E-state index contributed by atoms with van der Waals surface area (Å²) < 4.78 is 0. The molecule has 1 amide bonds. The molecule has 0 aliphatic heterocycles. The molecule has 0 saturated heterocycles. The largest absolute Gasteiger partial charge is 0.396 e. The highest BCUT2D eigenvalue weighted by molar-refractivity contribution is 5.87. The van der Waals surface area contributed by atoms with E-state index in [9.17, 15) is 9.90 Å². The van der Waals surface area contributed by atoms with Crippen molar-refractivity contribution in [2.24, 2.45) is 5.73 Å². The molecule has 0 aliphatic carbocycles. The smallest absolute Gasteiger partial charge is 0.244 e. The predicted octanol–water partition coefficient (Wildman–Crippen LogP) is 2.56. The van der Waals surface area contributed by atoms with Crippen LogP contribution in [-0.4, -0.2) is 24.2 Å². The summed E-state index contributed by atoms with van der Waals surface area (Å²) in [5, 5.41) is 12.2. The summed E-state index contributed by atoms with van der Waals surface area (Å²) in [5.74, 6) is -0.153. The van der Waals surface area contributed by atoms with Crippen molar-refractivity contribution in [2.75, 3.05) is 13.2 Å². The number of aliphatic hydroxyl groups excluding tert-OH is 1. The van der Waals surface area contributed by atoms with Crippen LogP contribution in [0.1, 0.15) is 30.4 Å². The summed E-state index contributed by atoms with van der Waals surface area (Å²) >= 11 is 0. The number of amides is 1. The molecule has 0 bridgehead atoms. The zero-order valence-corrected chi connectivity index (χ0v) is 14.6. The summed E-state index contributed by atoms with van der Waals surface area (Å²) in [6, 6.07) is 19.2. The first-order valence-corrected chi connectivity index (χ1v) is 7.84. The summed E-state index contributed by atoms with van der Waals surface area (Å²) in [4.78, 5) is 12.5. The maximum absolute atomic E-state index is 12.5. The molecule has 0 fully saturated rings. The predicted molar refractivity (Wildman–Crippen MR) is 99.1 cm³/mol. The van der Waals surface area contributed by atoms with Crippen LogP contribution in [0.25, 0.3) is 0 Å². The van der Waals surface area contributed by atoms with Crippen molar-refractivity contribution < 1.29 is 9.90 Å². The van der Waals surface area contributed by atoms with Crippen LogP contribution in [0.3, 0.4) is 0 Å². The van der Waals surface area contributed by atoms with Crippen molar-refractivity contribution in [3.05, 3.63) is 71.8 Å². The van der Waals surface area contributed by atoms with Crippen molar-refractivity contribution in [3.8, 4) is 0 Å². The van der Waals surface area contributed by atoms with Gasteiger partial charge in [-0.05, 0) is 24.5 Å². The Bertz CT molecular complexity index is 618. The SMILES string of the molecule is CC(N)(C(=O)NCC(CCO)c1ccccc1)c1ccccc1.Cl. The highest BCUT2D eigenvalue weighted by Crippen LogP contribution is 2.20. The van der Waals surface area contributed by atoms with Crippen molar-refractivity contribution in [1.29, 1.82) is 0 Å². The van der Waals surface area contributed by atoms with E-state index < -0.39 is 5.54 Å². The lowest BCUT2D eigenvalue weighted by atomic mass is 9.91. The first-order valence-electron chi connectivity index (χ1n) is 7.84. The van der Waals surface area contributed by atoms with E-state index in [1.165, 1.54) is 0 Å². The first kappa shape index (κ1) is 20.2. The Morgan fingerprint density at radius 3 is 2.21 bits per heavy atom. The number of nitrogens with two attached hydrogens (primary N) is 1. The van der Waals surface area contributed by atoms with Gasteiger partial charge in [-0.2, -0.15) is 0 Å². The van der Waals surface area contributed by atoms with E-state index in [0.717, 1.165) is 11.1 Å². The van der Waals surface area contributed by atoms with Crippen LogP contribution in [0, 0.1) is 0 Å². The number of carbonyl (C=O) groups is 1. The summed E-state index contributed by atoms with van der Waals surface area (Å²) in [6.45, 7) is 2.23. The van der Waals surface area contributed by atoms with E-state index in [2.05, 4.69) is 5.32 Å². The van der Waals surface area contributed by atoms with Crippen LogP contribution in [0.2, 0.25) is 0 Å². The fourth-order valence-corrected chi connectivity index (χ4v) is 2.58. The monoisotopic (exact) mass is 348 g/mol. The van der Waals surface area contributed by atoms with Crippen LogP contribution in [-0.2, 0) is 10.3 Å². The second kappa shape index (κ2) is 9.42. The van der Waals surface area contributed by atoms with Crippen LogP contribution >= 0.6 is 12.4 Å². The number of hydrogen-bond acceptors (Lipinski definition) is 3. The Hall–Kier alpha value is -1.88. The molecule has 130 valence electrons. The molecule has 0 aliphatic rings. The molecule has 4 nitrogen and oxygen atoms in total. The average Bonchev–Trinajstić information content (AvgIpc) is 2.59. The van der Waals surface area contributed by atoms with E-state index in [1.54, 1.807) is 6.92 Å². The van der Waals surface area contributed by atoms with Gasteiger partial charge in [0.15, 0.2) is 0 Å². The lowest BCUT2D eigenvalue weighted by molar-refractivity contribution is -0.126. The number of hydrogen-bond donors (Lipinski definition) is 3. The zero-order valence-electron chi connectivity index (χ0n) is 13.8. The number of carbonyl (C=O) groups excluding carboxylic acids is 1. The molecule has 24 heavy (non-hydrogen) atoms. The van der Waals surface area contributed by atoms with Gasteiger partial charge in [-0.25, -0.2) is 0 Å². The molecule has 5 heteroatoms. The van der Waals surface area contributed by atoms with E-state index in [-0.39, 0.29) is 30.8 Å². The van der Waals surface area contributed by atoms with Gasteiger partial charge in [0.1, 0.15) is 5.54 Å². The maximum Gasteiger partial charge on any atom is 0.244 e. The van der Waals surface area contributed by atoms with E-state index in [4.69, 9.17) is 5.73 Å². The van der Waals surface area contributed by atoms with Crippen molar-refractivity contribution in [1.82, 2.24) is 5.32 Å². The second-order valence-electron chi connectivity index (χ2n) is 5.90.